The van der Waals surface area contributed by atoms with Crippen LogP contribution < -0.4 is 5.32 Å². The number of rotatable bonds is 4. The zero-order valence-electron chi connectivity index (χ0n) is 9.65. The number of carbonyl (C=O) groups excluding carboxylic acids is 2. The van der Waals surface area contributed by atoms with Gasteiger partial charge in [0.2, 0.25) is 0 Å². The van der Waals surface area contributed by atoms with Crippen LogP contribution in [0.2, 0.25) is 0 Å². The summed E-state index contributed by atoms with van der Waals surface area (Å²) in [5.74, 6) is -0.109. The molecule has 0 aromatic rings. The van der Waals surface area contributed by atoms with E-state index in [0.717, 1.165) is 13.1 Å². The maximum absolute atomic E-state index is 10.8. The second-order valence-electron chi connectivity index (χ2n) is 3.94. The van der Waals surface area contributed by atoms with Gasteiger partial charge in [0.15, 0.2) is 0 Å². The van der Waals surface area contributed by atoms with Gasteiger partial charge in [0.1, 0.15) is 0 Å². The van der Waals surface area contributed by atoms with Gasteiger partial charge in [0.25, 0.3) is 11.8 Å². The molecule has 0 radical (unpaired) electrons. The Kier molecular flexibility index (Phi) is 5.61. The fraction of sp³-hybridized carbons (Fsp3) is 0.333. The lowest BCUT2D eigenvalue weighted by Gasteiger charge is -2.14. The van der Waals surface area contributed by atoms with Gasteiger partial charge in [0, 0.05) is 49.5 Å². The zero-order valence-corrected chi connectivity index (χ0v) is 10.5. The van der Waals surface area contributed by atoms with Gasteiger partial charge < -0.3 is 5.32 Å². The highest BCUT2D eigenvalue weighted by Crippen LogP contribution is 2.03. The highest BCUT2D eigenvalue weighted by Gasteiger charge is 2.10. The molecule has 2 amide bonds. The molecule has 6 heteroatoms. The Hall–Kier alpha value is -1.59. The largest absolute Gasteiger partial charge is 0.315 e. The van der Waals surface area contributed by atoms with Crippen LogP contribution in [-0.2, 0) is 9.59 Å². The van der Waals surface area contributed by atoms with Gasteiger partial charge in [-0.1, -0.05) is 12.2 Å². The Labute approximate surface area is 111 Å². The van der Waals surface area contributed by atoms with Crippen LogP contribution in [0.1, 0.15) is 0 Å². The molecule has 18 heavy (non-hydrogen) atoms. The Morgan fingerprint density at radius 2 is 1.39 bits per heavy atom. The van der Waals surface area contributed by atoms with Gasteiger partial charge in [-0.2, -0.15) is 0 Å². The summed E-state index contributed by atoms with van der Waals surface area (Å²) in [4.78, 5) is 29.0. The van der Waals surface area contributed by atoms with Crippen LogP contribution >= 0.6 is 12.4 Å². The predicted octanol–water partition coefficient (Wildman–Crippen LogP) is 0.565. The molecule has 0 saturated carbocycles. The van der Waals surface area contributed by atoms with Gasteiger partial charge in [-0.25, -0.2) is 9.98 Å². The number of carbonyl (C=O) groups is 2. The van der Waals surface area contributed by atoms with E-state index in [2.05, 4.69) is 15.3 Å². The average Bonchev–Trinajstić information content (AvgIpc) is 2.34. The lowest BCUT2D eigenvalue weighted by Crippen LogP contribution is -2.29. The summed E-state index contributed by atoms with van der Waals surface area (Å²) in [5.41, 5.74) is 0. The Morgan fingerprint density at radius 1 is 0.944 bits per heavy atom. The SMILES string of the molecule is Cl.O=C1C=CC(CNCC2C=CC(=O)N=C2)C=N1. The van der Waals surface area contributed by atoms with E-state index in [-0.39, 0.29) is 36.1 Å². The third-order valence-corrected chi connectivity index (χ3v) is 2.52. The van der Waals surface area contributed by atoms with Crippen LogP contribution in [0.25, 0.3) is 0 Å². The molecule has 96 valence electrons. The first-order chi connectivity index (χ1) is 8.24. The number of hydrogen-bond donors (Lipinski definition) is 1. The molecular formula is C12H14ClN3O2. The fourth-order valence-electron chi connectivity index (χ4n) is 1.59. The van der Waals surface area contributed by atoms with Gasteiger partial charge >= 0.3 is 0 Å². The van der Waals surface area contributed by atoms with Crippen LogP contribution in [0.5, 0.6) is 0 Å². The molecule has 0 aliphatic carbocycles. The van der Waals surface area contributed by atoms with Crippen LogP contribution in [0.4, 0.5) is 0 Å². The molecule has 5 nitrogen and oxygen atoms in total. The monoisotopic (exact) mass is 267 g/mol. The van der Waals surface area contributed by atoms with E-state index in [0.29, 0.717) is 0 Å². The molecule has 0 aromatic heterocycles. The molecule has 2 aliphatic heterocycles. The van der Waals surface area contributed by atoms with Crippen molar-refractivity contribution in [2.75, 3.05) is 13.1 Å². The summed E-state index contributed by atoms with van der Waals surface area (Å²) in [6.07, 6.45) is 9.90. The lowest BCUT2D eigenvalue weighted by molar-refractivity contribution is -0.114. The van der Waals surface area contributed by atoms with Crippen LogP contribution in [0, 0.1) is 11.8 Å². The van der Waals surface area contributed by atoms with Crippen molar-refractivity contribution in [3.8, 4) is 0 Å². The number of hydrogen-bond acceptors (Lipinski definition) is 3. The number of amides is 2. The number of aliphatic imine (C=N–C) groups is 2. The van der Waals surface area contributed by atoms with Crippen LogP contribution in [0.3, 0.4) is 0 Å². The smallest absolute Gasteiger partial charge is 0.269 e. The van der Waals surface area contributed by atoms with Crippen molar-refractivity contribution in [2.24, 2.45) is 21.8 Å². The minimum atomic E-state index is -0.206. The standard InChI is InChI=1S/C12H13N3O2.ClH/c16-11-3-1-9(7-14-11)5-13-6-10-2-4-12(17)15-8-10;/h1-4,7-10,13H,5-6H2;1H. The van der Waals surface area contributed by atoms with E-state index >= 15 is 0 Å². The third kappa shape index (κ3) is 4.35. The highest BCUT2D eigenvalue weighted by molar-refractivity contribution is 5.97. The third-order valence-electron chi connectivity index (χ3n) is 2.52. The predicted molar refractivity (Wildman–Crippen MR) is 72.4 cm³/mol. The summed E-state index contributed by atoms with van der Waals surface area (Å²) in [5, 5.41) is 3.25. The second kappa shape index (κ2) is 6.98. The Bertz CT molecular complexity index is 369. The van der Waals surface area contributed by atoms with E-state index in [1.54, 1.807) is 12.4 Å². The van der Waals surface area contributed by atoms with E-state index in [9.17, 15) is 9.59 Å². The second-order valence-corrected chi connectivity index (χ2v) is 3.94. The van der Waals surface area contributed by atoms with Gasteiger partial charge in [0.05, 0.1) is 0 Å². The molecule has 2 rings (SSSR count). The quantitative estimate of drug-likeness (QED) is 0.809. The van der Waals surface area contributed by atoms with Crippen LogP contribution in [0.15, 0.2) is 34.3 Å². The maximum Gasteiger partial charge on any atom is 0.269 e. The van der Waals surface area contributed by atoms with Gasteiger partial charge in [-0.05, 0) is 0 Å². The molecule has 0 spiro atoms. The first-order valence-electron chi connectivity index (χ1n) is 5.47. The van der Waals surface area contributed by atoms with E-state index in [1.165, 1.54) is 12.2 Å². The van der Waals surface area contributed by atoms with Crippen molar-refractivity contribution in [1.82, 2.24) is 5.32 Å². The molecule has 2 atom stereocenters. The summed E-state index contributed by atoms with van der Waals surface area (Å²) < 4.78 is 0. The average molecular weight is 268 g/mol. The summed E-state index contributed by atoms with van der Waals surface area (Å²) >= 11 is 0. The summed E-state index contributed by atoms with van der Waals surface area (Å²) in [6.45, 7) is 1.44. The number of nitrogens with one attached hydrogen (secondary N) is 1. The normalized spacial score (nSPS) is 25.3. The van der Waals surface area contributed by atoms with Gasteiger partial charge in [-0.15, -0.1) is 12.4 Å². The highest BCUT2D eigenvalue weighted by atomic mass is 35.5. The van der Waals surface area contributed by atoms with E-state index in [4.69, 9.17) is 0 Å². The Morgan fingerprint density at radius 3 is 1.72 bits per heavy atom. The Balaban J connectivity index is 0.00000162. The molecule has 2 aliphatic rings. The molecule has 1 N–H and O–H groups in total. The van der Waals surface area contributed by atoms with Crippen molar-refractivity contribution in [3.63, 3.8) is 0 Å². The summed E-state index contributed by atoms with van der Waals surface area (Å²) in [7, 11) is 0. The number of halogens is 1. The minimum absolute atomic E-state index is 0. The maximum atomic E-state index is 10.8. The first-order valence-corrected chi connectivity index (χ1v) is 5.47. The van der Waals surface area contributed by atoms with Crippen molar-refractivity contribution in [2.45, 2.75) is 0 Å². The number of dihydropyridines is 2. The molecule has 2 unspecified atom stereocenters. The fourth-order valence-corrected chi connectivity index (χ4v) is 1.59. The van der Waals surface area contributed by atoms with Crippen molar-refractivity contribution < 1.29 is 9.59 Å². The van der Waals surface area contributed by atoms with Crippen molar-refractivity contribution >= 4 is 36.7 Å². The molecule has 0 saturated heterocycles. The lowest BCUT2D eigenvalue weighted by atomic mass is 10.1. The molecule has 0 aromatic carbocycles. The van der Waals surface area contributed by atoms with E-state index in [1.807, 2.05) is 12.2 Å². The molecule has 2 heterocycles. The molecule has 0 bridgehead atoms. The zero-order chi connectivity index (χ0) is 12.1. The molecule has 0 fully saturated rings. The van der Waals surface area contributed by atoms with E-state index < -0.39 is 0 Å². The first kappa shape index (κ1) is 14.5. The van der Waals surface area contributed by atoms with Crippen molar-refractivity contribution in [1.29, 1.82) is 0 Å². The van der Waals surface area contributed by atoms with Gasteiger partial charge in [-0.3, -0.25) is 9.59 Å². The summed E-state index contributed by atoms with van der Waals surface area (Å²) in [6, 6.07) is 0. The number of nitrogens with zero attached hydrogens (tertiary/aromatic N) is 2. The molecular weight excluding hydrogens is 254 g/mol. The topological polar surface area (TPSA) is 70.9 Å². The minimum Gasteiger partial charge on any atom is -0.315 e. The van der Waals surface area contributed by atoms with Crippen LogP contribution in [-0.4, -0.2) is 37.3 Å². The van der Waals surface area contributed by atoms with Crippen molar-refractivity contribution in [3.05, 3.63) is 24.3 Å².